The van der Waals surface area contributed by atoms with Gasteiger partial charge in [-0.05, 0) is 72.4 Å². The first kappa shape index (κ1) is 34.5. The molecule has 1 N–H and O–H groups in total. The van der Waals surface area contributed by atoms with Gasteiger partial charge in [0.05, 0.1) is 18.8 Å². The van der Waals surface area contributed by atoms with Gasteiger partial charge in [0.15, 0.2) is 6.10 Å². The van der Waals surface area contributed by atoms with E-state index in [9.17, 15) is 14.4 Å². The predicted molar refractivity (Wildman–Crippen MR) is 172 cm³/mol. The summed E-state index contributed by atoms with van der Waals surface area (Å²) in [5.74, 6) is -0.924. The summed E-state index contributed by atoms with van der Waals surface area (Å²) in [6, 6.07) is 20.0. The zero-order valence-electron chi connectivity index (χ0n) is 25.5. The van der Waals surface area contributed by atoms with Gasteiger partial charge in [0.25, 0.3) is 0 Å². The van der Waals surface area contributed by atoms with Gasteiger partial charge in [-0.25, -0.2) is 14.4 Å². The molecule has 0 aliphatic heterocycles. The van der Waals surface area contributed by atoms with E-state index >= 15 is 0 Å². The molecule has 0 radical (unpaired) electrons. The molecule has 0 aliphatic carbocycles. The van der Waals surface area contributed by atoms with Crippen LogP contribution in [0.15, 0.2) is 92.0 Å². The standard InChI is InChI=1S/C36H39NO8/c1-4-9-26-10-12-27(13-11-26)29-16-19-33(30(22-29)23-37)45-36(40)28-14-17-31(18-15-28)43-25-32(44-35(39)6-3)24-41-20-7-8-21-42-34(38)5-2/h5-6,10-19,22-23,32,37H,2-4,7-9,20-21,24-25H2,1H3. The van der Waals surface area contributed by atoms with Gasteiger partial charge < -0.3 is 29.1 Å². The smallest absolute Gasteiger partial charge is 0.343 e. The van der Waals surface area contributed by atoms with E-state index in [0.29, 0.717) is 36.3 Å². The summed E-state index contributed by atoms with van der Waals surface area (Å²) in [7, 11) is 0. The molecule has 0 saturated carbocycles. The number of rotatable bonds is 19. The summed E-state index contributed by atoms with van der Waals surface area (Å²) >= 11 is 0. The van der Waals surface area contributed by atoms with Crippen molar-refractivity contribution in [1.82, 2.24) is 0 Å². The van der Waals surface area contributed by atoms with Gasteiger partial charge in [-0.3, -0.25) is 0 Å². The van der Waals surface area contributed by atoms with E-state index in [-0.39, 0.29) is 25.6 Å². The molecule has 9 nitrogen and oxygen atoms in total. The van der Waals surface area contributed by atoms with Crippen molar-refractivity contribution in [2.24, 2.45) is 0 Å². The number of carbonyl (C=O) groups excluding carboxylic acids is 3. The number of esters is 3. The highest BCUT2D eigenvalue weighted by Gasteiger charge is 2.16. The van der Waals surface area contributed by atoms with Crippen LogP contribution in [0.1, 0.15) is 47.7 Å². The summed E-state index contributed by atoms with van der Waals surface area (Å²) < 4.78 is 27.2. The highest BCUT2D eigenvalue weighted by molar-refractivity contribution is 5.93. The molecule has 0 bridgehead atoms. The summed E-state index contributed by atoms with van der Waals surface area (Å²) in [5, 5.41) is 7.85. The third-order valence-corrected chi connectivity index (χ3v) is 6.57. The molecule has 3 aromatic rings. The Morgan fingerprint density at radius 3 is 2.20 bits per heavy atom. The fourth-order valence-electron chi connectivity index (χ4n) is 4.20. The first-order chi connectivity index (χ1) is 21.9. The fraction of sp³-hybridized carbons (Fsp3) is 0.278. The van der Waals surface area contributed by atoms with Gasteiger partial charge in [0.2, 0.25) is 0 Å². The van der Waals surface area contributed by atoms with Crippen LogP contribution in [0.25, 0.3) is 11.1 Å². The number of carbonyl (C=O) groups is 3. The second-order valence-electron chi connectivity index (χ2n) is 9.99. The molecular weight excluding hydrogens is 574 g/mol. The number of nitrogens with one attached hydrogen (secondary N) is 1. The van der Waals surface area contributed by atoms with Crippen molar-refractivity contribution in [2.75, 3.05) is 26.4 Å². The van der Waals surface area contributed by atoms with Gasteiger partial charge in [-0.1, -0.05) is 56.8 Å². The molecule has 3 aromatic carbocycles. The third kappa shape index (κ3) is 11.5. The minimum absolute atomic E-state index is 0.0106. The molecular formula is C36H39NO8. The molecule has 0 amide bonds. The number of aryl methyl sites for hydroxylation is 1. The van der Waals surface area contributed by atoms with Crippen LogP contribution >= 0.6 is 0 Å². The minimum atomic E-state index is -0.699. The maximum absolute atomic E-state index is 12.9. The number of hydrogen-bond acceptors (Lipinski definition) is 9. The van der Waals surface area contributed by atoms with Crippen LogP contribution in [-0.4, -0.2) is 56.7 Å². The number of ether oxygens (including phenoxy) is 5. The highest BCUT2D eigenvalue weighted by Crippen LogP contribution is 2.27. The van der Waals surface area contributed by atoms with Crippen LogP contribution in [0.3, 0.4) is 0 Å². The average molecular weight is 614 g/mol. The van der Waals surface area contributed by atoms with Crippen LogP contribution in [0, 0.1) is 5.41 Å². The Balaban J connectivity index is 1.53. The Morgan fingerprint density at radius 1 is 0.844 bits per heavy atom. The molecule has 1 unspecified atom stereocenters. The largest absolute Gasteiger partial charge is 0.490 e. The lowest BCUT2D eigenvalue weighted by molar-refractivity contribution is -0.148. The Labute approximate surface area is 263 Å². The monoisotopic (exact) mass is 613 g/mol. The van der Waals surface area contributed by atoms with Crippen LogP contribution in [0.4, 0.5) is 0 Å². The molecule has 45 heavy (non-hydrogen) atoms. The van der Waals surface area contributed by atoms with Crippen LogP contribution in [-0.2, 0) is 30.2 Å². The lowest BCUT2D eigenvalue weighted by Crippen LogP contribution is -2.29. The Bertz CT molecular complexity index is 1450. The summed E-state index contributed by atoms with van der Waals surface area (Å²) in [6.07, 6.45) is 5.99. The van der Waals surface area contributed by atoms with Crippen molar-refractivity contribution in [3.63, 3.8) is 0 Å². The SMILES string of the molecule is C=CC(=O)OCCCCOCC(COc1ccc(C(=O)Oc2ccc(-c3ccc(CCC)cc3)cc2C=N)cc1)OC(=O)C=C. The second kappa shape index (κ2) is 18.6. The van der Waals surface area contributed by atoms with Gasteiger partial charge >= 0.3 is 17.9 Å². The summed E-state index contributed by atoms with van der Waals surface area (Å²) in [4.78, 5) is 35.7. The Hall–Kier alpha value is -5.02. The van der Waals surface area contributed by atoms with Crippen LogP contribution < -0.4 is 9.47 Å². The Kier molecular flexibility index (Phi) is 14.2. The Morgan fingerprint density at radius 2 is 1.53 bits per heavy atom. The van der Waals surface area contributed by atoms with Crippen molar-refractivity contribution in [3.8, 4) is 22.6 Å². The first-order valence-corrected chi connectivity index (χ1v) is 14.8. The van der Waals surface area contributed by atoms with E-state index in [1.54, 1.807) is 30.3 Å². The second-order valence-corrected chi connectivity index (χ2v) is 9.99. The summed E-state index contributed by atoms with van der Waals surface area (Å²) in [6.45, 7) is 9.64. The molecule has 0 saturated heterocycles. The fourth-order valence-corrected chi connectivity index (χ4v) is 4.20. The van der Waals surface area contributed by atoms with E-state index in [2.05, 4.69) is 44.3 Å². The van der Waals surface area contributed by atoms with Gasteiger partial charge in [-0.2, -0.15) is 0 Å². The average Bonchev–Trinajstić information content (AvgIpc) is 3.07. The number of unbranched alkanes of at least 4 members (excludes halogenated alkanes) is 1. The van der Waals surface area contributed by atoms with Crippen molar-refractivity contribution in [1.29, 1.82) is 5.41 Å². The summed E-state index contributed by atoms with van der Waals surface area (Å²) in [5.41, 5.74) is 3.99. The van der Waals surface area contributed by atoms with Crippen molar-refractivity contribution in [2.45, 2.75) is 38.7 Å². The quantitative estimate of drug-likeness (QED) is 0.0533. The van der Waals surface area contributed by atoms with E-state index < -0.39 is 24.0 Å². The molecule has 0 aromatic heterocycles. The molecule has 1 atom stereocenters. The molecule has 0 heterocycles. The van der Waals surface area contributed by atoms with Crippen LogP contribution in [0.2, 0.25) is 0 Å². The molecule has 236 valence electrons. The minimum Gasteiger partial charge on any atom is -0.490 e. The van der Waals surface area contributed by atoms with Crippen molar-refractivity contribution in [3.05, 3.63) is 109 Å². The third-order valence-electron chi connectivity index (χ3n) is 6.57. The highest BCUT2D eigenvalue weighted by atomic mass is 16.6. The van der Waals surface area contributed by atoms with Crippen LogP contribution in [0.5, 0.6) is 11.5 Å². The van der Waals surface area contributed by atoms with E-state index in [0.717, 1.165) is 42.3 Å². The lowest BCUT2D eigenvalue weighted by Gasteiger charge is -2.18. The van der Waals surface area contributed by atoms with Crippen molar-refractivity contribution >= 4 is 24.1 Å². The van der Waals surface area contributed by atoms with E-state index in [1.165, 1.54) is 5.56 Å². The topological polar surface area (TPSA) is 121 Å². The molecule has 0 aliphatic rings. The van der Waals surface area contributed by atoms with Gasteiger partial charge in [0.1, 0.15) is 18.1 Å². The maximum Gasteiger partial charge on any atom is 0.343 e. The first-order valence-electron chi connectivity index (χ1n) is 14.8. The molecule has 3 rings (SSSR count). The predicted octanol–water partition coefficient (Wildman–Crippen LogP) is 6.53. The van der Waals surface area contributed by atoms with Gasteiger partial charge in [-0.15, -0.1) is 0 Å². The van der Waals surface area contributed by atoms with E-state index in [4.69, 9.17) is 29.1 Å². The normalized spacial score (nSPS) is 11.1. The molecule has 0 fully saturated rings. The maximum atomic E-state index is 12.9. The van der Waals surface area contributed by atoms with E-state index in [1.807, 2.05) is 12.1 Å². The lowest BCUT2D eigenvalue weighted by atomic mass is 10.0. The zero-order valence-corrected chi connectivity index (χ0v) is 25.5. The molecule has 9 heteroatoms. The van der Waals surface area contributed by atoms with Crippen molar-refractivity contribution < 1.29 is 38.1 Å². The number of hydrogen-bond donors (Lipinski definition) is 1. The zero-order chi connectivity index (χ0) is 32.4. The van der Waals surface area contributed by atoms with Gasteiger partial charge in [0, 0.05) is 30.5 Å². The number of benzene rings is 3. The molecule has 0 spiro atoms.